The molecule has 2 aromatic carbocycles. The Kier molecular flexibility index (Phi) is 6.00. The van der Waals surface area contributed by atoms with Crippen molar-refractivity contribution in [2.75, 3.05) is 35.7 Å². The quantitative estimate of drug-likeness (QED) is 0.820. The van der Waals surface area contributed by atoms with Gasteiger partial charge in [-0.15, -0.1) is 0 Å². The van der Waals surface area contributed by atoms with Gasteiger partial charge in [-0.2, -0.15) is 0 Å². The molecule has 0 aliphatic carbocycles. The van der Waals surface area contributed by atoms with Crippen molar-refractivity contribution in [1.82, 2.24) is 0 Å². The molecule has 0 bridgehead atoms. The first-order valence-corrected chi connectivity index (χ1v) is 9.23. The Morgan fingerprint density at radius 3 is 2.42 bits per heavy atom. The maximum absolute atomic E-state index is 12.5. The fourth-order valence-corrected chi connectivity index (χ4v) is 3.23. The summed E-state index contributed by atoms with van der Waals surface area (Å²) >= 11 is 0. The number of nitrogens with zero attached hydrogens (tertiary/aromatic N) is 1. The van der Waals surface area contributed by atoms with Crippen LogP contribution in [0.5, 0.6) is 5.75 Å². The van der Waals surface area contributed by atoms with E-state index < -0.39 is 0 Å². The number of methoxy groups -OCH3 is 1. The highest BCUT2D eigenvalue weighted by Crippen LogP contribution is 2.24. The number of hydrogen-bond acceptors (Lipinski definition) is 4. The molecule has 0 unspecified atom stereocenters. The summed E-state index contributed by atoms with van der Waals surface area (Å²) < 4.78 is 5.28. The minimum Gasteiger partial charge on any atom is -0.495 e. The van der Waals surface area contributed by atoms with E-state index in [1.165, 1.54) is 24.9 Å². The van der Waals surface area contributed by atoms with E-state index >= 15 is 0 Å². The Labute approximate surface area is 155 Å². The van der Waals surface area contributed by atoms with E-state index in [-0.39, 0.29) is 11.9 Å². The lowest BCUT2D eigenvalue weighted by Gasteiger charge is -2.29. The third-order valence-corrected chi connectivity index (χ3v) is 4.73. The van der Waals surface area contributed by atoms with Gasteiger partial charge in [0.1, 0.15) is 11.8 Å². The van der Waals surface area contributed by atoms with Gasteiger partial charge in [-0.3, -0.25) is 4.79 Å². The van der Waals surface area contributed by atoms with Crippen molar-refractivity contribution in [3.63, 3.8) is 0 Å². The fourth-order valence-electron chi connectivity index (χ4n) is 3.23. The Balaban J connectivity index is 1.58. The number of carbonyl (C=O) groups is 1. The van der Waals surface area contributed by atoms with Crippen LogP contribution in [0.3, 0.4) is 0 Å². The van der Waals surface area contributed by atoms with E-state index in [0.717, 1.165) is 18.8 Å². The van der Waals surface area contributed by atoms with Crippen molar-refractivity contribution in [3.8, 4) is 5.75 Å². The van der Waals surface area contributed by atoms with Crippen LogP contribution in [0.2, 0.25) is 0 Å². The van der Waals surface area contributed by atoms with Gasteiger partial charge in [0, 0.05) is 24.5 Å². The van der Waals surface area contributed by atoms with Gasteiger partial charge in [-0.1, -0.05) is 12.1 Å². The van der Waals surface area contributed by atoms with Gasteiger partial charge in [0.05, 0.1) is 12.8 Å². The van der Waals surface area contributed by atoms with Crippen LogP contribution >= 0.6 is 0 Å². The molecule has 1 saturated heterocycles. The number of amides is 1. The van der Waals surface area contributed by atoms with Crippen LogP contribution in [0, 0.1) is 0 Å². The number of nitrogens with one attached hydrogen (secondary N) is 2. The van der Waals surface area contributed by atoms with Crippen LogP contribution < -0.4 is 20.3 Å². The standard InChI is InChI=1S/C21H27N3O2/c1-16(21(25)23-19-8-4-5-9-20(19)26-2)22-17-10-12-18(13-11-17)24-14-6-3-7-15-24/h4-5,8-13,16,22H,3,6-7,14-15H2,1-2H3,(H,23,25)/t16-/m1/s1. The second-order valence-corrected chi connectivity index (χ2v) is 6.65. The monoisotopic (exact) mass is 353 g/mol. The van der Waals surface area contributed by atoms with Gasteiger partial charge in [0.25, 0.3) is 0 Å². The molecular formula is C21H27N3O2. The average molecular weight is 353 g/mol. The van der Waals surface area contributed by atoms with Gasteiger partial charge in [-0.05, 0) is 62.6 Å². The molecule has 1 aliphatic rings. The maximum Gasteiger partial charge on any atom is 0.246 e. The lowest BCUT2D eigenvalue weighted by atomic mass is 10.1. The highest BCUT2D eigenvalue weighted by molar-refractivity contribution is 5.97. The number of para-hydroxylation sites is 2. The van der Waals surface area contributed by atoms with Crippen LogP contribution in [-0.4, -0.2) is 32.1 Å². The molecule has 1 atom stereocenters. The number of anilines is 3. The molecule has 26 heavy (non-hydrogen) atoms. The number of benzene rings is 2. The summed E-state index contributed by atoms with van der Waals surface area (Å²) in [6.07, 6.45) is 3.86. The van der Waals surface area contributed by atoms with E-state index in [2.05, 4.69) is 27.7 Å². The number of hydrogen-bond donors (Lipinski definition) is 2. The molecular weight excluding hydrogens is 326 g/mol. The number of carbonyl (C=O) groups excluding carboxylic acids is 1. The van der Waals surface area contributed by atoms with Crippen molar-refractivity contribution in [2.24, 2.45) is 0 Å². The zero-order valence-corrected chi connectivity index (χ0v) is 15.5. The SMILES string of the molecule is COc1ccccc1NC(=O)[C@@H](C)Nc1ccc(N2CCCCC2)cc1. The summed E-state index contributed by atoms with van der Waals surface area (Å²) in [4.78, 5) is 14.9. The first-order valence-electron chi connectivity index (χ1n) is 9.23. The summed E-state index contributed by atoms with van der Waals surface area (Å²) in [6.45, 7) is 4.11. The summed E-state index contributed by atoms with van der Waals surface area (Å²) in [7, 11) is 1.59. The second kappa shape index (κ2) is 8.61. The summed E-state index contributed by atoms with van der Waals surface area (Å²) in [5.41, 5.74) is 2.86. The molecule has 1 amide bonds. The predicted molar refractivity (Wildman–Crippen MR) is 107 cm³/mol. The molecule has 0 radical (unpaired) electrons. The number of rotatable bonds is 6. The highest BCUT2D eigenvalue weighted by atomic mass is 16.5. The highest BCUT2D eigenvalue weighted by Gasteiger charge is 2.15. The summed E-state index contributed by atoms with van der Waals surface area (Å²) in [5.74, 6) is 0.550. The maximum atomic E-state index is 12.5. The molecule has 5 nitrogen and oxygen atoms in total. The third kappa shape index (κ3) is 4.48. The second-order valence-electron chi connectivity index (χ2n) is 6.65. The van der Waals surface area contributed by atoms with Crippen LogP contribution in [-0.2, 0) is 4.79 Å². The van der Waals surface area contributed by atoms with Gasteiger partial charge in [-0.25, -0.2) is 0 Å². The van der Waals surface area contributed by atoms with E-state index in [9.17, 15) is 4.79 Å². The molecule has 138 valence electrons. The Morgan fingerprint density at radius 1 is 1.04 bits per heavy atom. The van der Waals surface area contributed by atoms with E-state index in [0.29, 0.717) is 11.4 Å². The van der Waals surface area contributed by atoms with Gasteiger partial charge >= 0.3 is 0 Å². The third-order valence-electron chi connectivity index (χ3n) is 4.73. The van der Waals surface area contributed by atoms with Crippen LogP contribution in [0.15, 0.2) is 48.5 Å². The molecule has 1 fully saturated rings. The molecule has 1 aliphatic heterocycles. The molecule has 0 aromatic heterocycles. The first kappa shape index (κ1) is 18.1. The minimum atomic E-state index is -0.360. The number of ether oxygens (including phenoxy) is 1. The summed E-state index contributed by atoms with van der Waals surface area (Å²) in [6, 6.07) is 15.4. The van der Waals surface area contributed by atoms with Gasteiger partial charge in [0.15, 0.2) is 0 Å². The molecule has 3 rings (SSSR count). The van der Waals surface area contributed by atoms with Crippen LogP contribution in [0.25, 0.3) is 0 Å². The molecule has 0 saturated carbocycles. The van der Waals surface area contributed by atoms with Crippen molar-refractivity contribution < 1.29 is 9.53 Å². The normalized spacial score (nSPS) is 15.2. The number of piperidine rings is 1. The van der Waals surface area contributed by atoms with E-state index in [4.69, 9.17) is 4.74 Å². The minimum absolute atomic E-state index is 0.102. The zero-order valence-electron chi connectivity index (χ0n) is 15.5. The van der Waals surface area contributed by atoms with Crippen LogP contribution in [0.4, 0.5) is 17.1 Å². The Bertz CT molecular complexity index is 724. The summed E-state index contributed by atoms with van der Waals surface area (Å²) in [5, 5.41) is 6.17. The van der Waals surface area contributed by atoms with E-state index in [1.807, 2.05) is 43.3 Å². The molecule has 5 heteroatoms. The van der Waals surface area contributed by atoms with Gasteiger partial charge in [0.2, 0.25) is 5.91 Å². The molecule has 1 heterocycles. The largest absolute Gasteiger partial charge is 0.495 e. The zero-order chi connectivity index (χ0) is 18.4. The first-order chi connectivity index (χ1) is 12.7. The van der Waals surface area contributed by atoms with Crippen molar-refractivity contribution in [2.45, 2.75) is 32.2 Å². The fraction of sp³-hybridized carbons (Fsp3) is 0.381. The molecule has 0 spiro atoms. The van der Waals surface area contributed by atoms with Crippen molar-refractivity contribution in [1.29, 1.82) is 0 Å². The smallest absolute Gasteiger partial charge is 0.246 e. The molecule has 2 aromatic rings. The predicted octanol–water partition coefficient (Wildman–Crippen LogP) is 4.12. The van der Waals surface area contributed by atoms with Gasteiger partial charge < -0.3 is 20.3 Å². The van der Waals surface area contributed by atoms with E-state index in [1.54, 1.807) is 7.11 Å². The van der Waals surface area contributed by atoms with Crippen molar-refractivity contribution >= 4 is 23.0 Å². The topological polar surface area (TPSA) is 53.6 Å². The van der Waals surface area contributed by atoms with Crippen molar-refractivity contribution in [3.05, 3.63) is 48.5 Å². The Hall–Kier alpha value is -2.69. The average Bonchev–Trinajstić information content (AvgIpc) is 2.69. The lowest BCUT2D eigenvalue weighted by molar-refractivity contribution is -0.116. The Morgan fingerprint density at radius 2 is 1.73 bits per heavy atom. The molecule has 2 N–H and O–H groups in total. The lowest BCUT2D eigenvalue weighted by Crippen LogP contribution is -2.32. The van der Waals surface area contributed by atoms with Crippen LogP contribution in [0.1, 0.15) is 26.2 Å².